The van der Waals surface area contributed by atoms with Gasteiger partial charge in [-0.1, -0.05) is 0 Å². The number of amides is 1. The van der Waals surface area contributed by atoms with Crippen LogP contribution in [0.2, 0.25) is 0 Å². The lowest BCUT2D eigenvalue weighted by Crippen LogP contribution is -2.55. The zero-order valence-corrected chi connectivity index (χ0v) is 14.0. The Morgan fingerprint density at radius 3 is 2.70 bits per heavy atom. The summed E-state index contributed by atoms with van der Waals surface area (Å²) in [5.41, 5.74) is 5.66. The first-order valence-corrected chi connectivity index (χ1v) is 6.32. The van der Waals surface area contributed by atoms with Crippen molar-refractivity contribution in [1.82, 2.24) is 10.2 Å². The second-order valence-electron chi connectivity index (χ2n) is 5.20. The predicted octanol–water partition coefficient (Wildman–Crippen LogP) is 0.0307. The Hall–Kier alpha value is -0.110. The van der Waals surface area contributed by atoms with Crippen molar-refractivity contribution in [2.45, 2.75) is 25.4 Å². The summed E-state index contributed by atoms with van der Waals surface area (Å²) < 4.78 is 10.3. The van der Waals surface area contributed by atoms with Crippen LogP contribution in [-0.2, 0) is 14.3 Å². The Kier molecular flexibility index (Phi) is 11.7. The largest absolute Gasteiger partial charge is 0.383 e. The average molecular weight is 332 g/mol. The molecular weight excluding hydrogens is 305 g/mol. The van der Waals surface area contributed by atoms with Crippen molar-refractivity contribution in [2.24, 2.45) is 5.73 Å². The molecule has 0 aromatic rings. The molecule has 1 amide bonds. The van der Waals surface area contributed by atoms with Crippen molar-refractivity contribution < 1.29 is 14.3 Å². The molecular formula is C12H27Cl2N3O3. The third-order valence-electron chi connectivity index (χ3n) is 3.18. The van der Waals surface area contributed by atoms with E-state index in [1.165, 1.54) is 7.11 Å². The predicted molar refractivity (Wildman–Crippen MR) is 83.8 cm³/mol. The number of nitrogens with two attached hydrogens (primary N) is 1. The van der Waals surface area contributed by atoms with Crippen LogP contribution in [0.25, 0.3) is 0 Å². The van der Waals surface area contributed by atoms with Gasteiger partial charge in [-0.2, -0.15) is 0 Å². The minimum Gasteiger partial charge on any atom is -0.383 e. The Morgan fingerprint density at radius 1 is 1.50 bits per heavy atom. The second kappa shape index (κ2) is 10.6. The molecule has 1 saturated heterocycles. The van der Waals surface area contributed by atoms with E-state index in [4.69, 9.17) is 15.2 Å². The van der Waals surface area contributed by atoms with E-state index in [1.807, 2.05) is 0 Å². The summed E-state index contributed by atoms with van der Waals surface area (Å²) in [7, 11) is 1.53. The van der Waals surface area contributed by atoms with Gasteiger partial charge in [-0.25, -0.2) is 0 Å². The number of morpholine rings is 1. The molecule has 1 unspecified atom stereocenters. The zero-order chi connectivity index (χ0) is 13.6. The Bertz CT molecular complexity index is 281. The highest BCUT2D eigenvalue weighted by atomic mass is 35.5. The van der Waals surface area contributed by atoms with Crippen LogP contribution in [0.1, 0.15) is 13.8 Å². The number of halogens is 2. The maximum absolute atomic E-state index is 11.6. The molecule has 6 nitrogen and oxygen atoms in total. The summed E-state index contributed by atoms with van der Waals surface area (Å²) in [6.45, 7) is 8.31. The van der Waals surface area contributed by atoms with Crippen LogP contribution in [-0.4, -0.2) is 69.0 Å². The van der Waals surface area contributed by atoms with Gasteiger partial charge in [0.2, 0.25) is 5.91 Å². The number of nitrogens with zero attached hydrogens (tertiary/aromatic N) is 1. The van der Waals surface area contributed by atoms with Gasteiger partial charge >= 0.3 is 0 Å². The molecule has 0 aromatic heterocycles. The Balaban J connectivity index is 0. The summed E-state index contributed by atoms with van der Waals surface area (Å²) >= 11 is 0. The summed E-state index contributed by atoms with van der Waals surface area (Å²) in [5, 5.41) is 2.83. The van der Waals surface area contributed by atoms with Crippen molar-refractivity contribution >= 4 is 30.7 Å². The van der Waals surface area contributed by atoms with Crippen LogP contribution in [0.15, 0.2) is 0 Å². The number of carbonyl (C=O) groups excluding carboxylic acids is 1. The van der Waals surface area contributed by atoms with Crippen LogP contribution >= 0.6 is 24.8 Å². The van der Waals surface area contributed by atoms with E-state index in [1.54, 1.807) is 0 Å². The van der Waals surface area contributed by atoms with Crippen molar-refractivity contribution in [1.29, 1.82) is 0 Å². The Labute approximate surface area is 133 Å². The molecule has 20 heavy (non-hydrogen) atoms. The van der Waals surface area contributed by atoms with E-state index in [2.05, 4.69) is 24.1 Å². The normalized spacial score (nSPS) is 19.4. The molecule has 8 heteroatoms. The van der Waals surface area contributed by atoms with Crippen molar-refractivity contribution in [2.75, 3.05) is 46.6 Å². The van der Waals surface area contributed by atoms with Gasteiger partial charge in [0.15, 0.2) is 0 Å². The maximum atomic E-state index is 11.6. The van der Waals surface area contributed by atoms with Gasteiger partial charge in [-0.3, -0.25) is 9.69 Å². The van der Waals surface area contributed by atoms with E-state index >= 15 is 0 Å². The van der Waals surface area contributed by atoms with E-state index in [9.17, 15) is 4.79 Å². The highest BCUT2D eigenvalue weighted by Crippen LogP contribution is 2.17. The second-order valence-corrected chi connectivity index (χ2v) is 5.20. The lowest BCUT2D eigenvalue weighted by molar-refractivity contribution is -0.123. The van der Waals surface area contributed by atoms with Crippen LogP contribution in [0.4, 0.5) is 0 Å². The lowest BCUT2D eigenvalue weighted by Gasteiger charge is -2.42. The van der Waals surface area contributed by atoms with E-state index < -0.39 is 6.04 Å². The molecule has 1 fully saturated rings. The topological polar surface area (TPSA) is 76.8 Å². The third kappa shape index (κ3) is 7.06. The highest BCUT2D eigenvalue weighted by molar-refractivity contribution is 5.85. The smallest absolute Gasteiger partial charge is 0.239 e. The molecule has 1 aliphatic rings. The van der Waals surface area contributed by atoms with Crippen LogP contribution < -0.4 is 11.1 Å². The number of methoxy groups -OCH3 is 1. The zero-order valence-electron chi connectivity index (χ0n) is 12.4. The summed E-state index contributed by atoms with van der Waals surface area (Å²) in [6, 6.07) is -0.590. The molecule has 3 N–H and O–H groups in total. The van der Waals surface area contributed by atoms with E-state index in [-0.39, 0.29) is 42.9 Å². The fourth-order valence-corrected chi connectivity index (χ4v) is 2.01. The van der Waals surface area contributed by atoms with Crippen LogP contribution in [0, 0.1) is 0 Å². The minimum atomic E-state index is -0.590. The number of rotatable bonds is 6. The number of nitrogens with one attached hydrogen (secondary N) is 1. The van der Waals surface area contributed by atoms with Gasteiger partial charge in [0.1, 0.15) is 6.04 Å². The van der Waals surface area contributed by atoms with Crippen molar-refractivity contribution in [3.63, 3.8) is 0 Å². The minimum absolute atomic E-state index is 0. The quantitative estimate of drug-likeness (QED) is 0.718. The fraction of sp³-hybridized carbons (Fsp3) is 0.917. The van der Waals surface area contributed by atoms with E-state index in [0.717, 1.165) is 26.3 Å². The molecule has 0 spiro atoms. The van der Waals surface area contributed by atoms with Gasteiger partial charge in [-0.15, -0.1) is 24.8 Å². The first-order chi connectivity index (χ1) is 8.47. The molecule has 1 aliphatic heterocycles. The van der Waals surface area contributed by atoms with Gasteiger partial charge in [0.05, 0.1) is 19.8 Å². The molecule has 1 atom stereocenters. The number of hydrogen-bond acceptors (Lipinski definition) is 5. The standard InChI is InChI=1S/C12H25N3O3.2ClH/c1-12(2)9-18-7-6-15(12)5-4-14-11(16)10(13)8-17-3;;/h10H,4-9,13H2,1-3H3,(H,14,16);2*1H. The van der Waals surface area contributed by atoms with Gasteiger partial charge in [0.25, 0.3) is 0 Å². The molecule has 0 aromatic carbocycles. The number of hydrogen-bond donors (Lipinski definition) is 2. The SMILES string of the molecule is COCC(N)C(=O)NCCN1CCOCC1(C)C.Cl.Cl. The number of ether oxygens (including phenoxy) is 2. The highest BCUT2D eigenvalue weighted by Gasteiger charge is 2.29. The first-order valence-electron chi connectivity index (χ1n) is 6.32. The molecule has 0 bridgehead atoms. The maximum Gasteiger partial charge on any atom is 0.239 e. The molecule has 1 rings (SSSR count). The summed E-state index contributed by atoms with van der Waals surface area (Å²) in [5.74, 6) is -0.164. The van der Waals surface area contributed by atoms with Crippen LogP contribution in [0.5, 0.6) is 0 Å². The third-order valence-corrected chi connectivity index (χ3v) is 3.18. The number of carbonyl (C=O) groups is 1. The molecule has 0 aliphatic carbocycles. The molecule has 0 saturated carbocycles. The molecule has 1 heterocycles. The molecule has 122 valence electrons. The summed E-state index contributed by atoms with van der Waals surface area (Å²) in [4.78, 5) is 13.9. The Morgan fingerprint density at radius 2 is 2.15 bits per heavy atom. The van der Waals surface area contributed by atoms with Crippen molar-refractivity contribution in [3.8, 4) is 0 Å². The monoisotopic (exact) mass is 331 g/mol. The fourth-order valence-electron chi connectivity index (χ4n) is 2.01. The summed E-state index contributed by atoms with van der Waals surface area (Å²) in [6.07, 6.45) is 0. The molecule has 0 radical (unpaired) electrons. The van der Waals surface area contributed by atoms with Gasteiger partial charge in [-0.05, 0) is 13.8 Å². The van der Waals surface area contributed by atoms with Gasteiger partial charge in [0, 0.05) is 32.3 Å². The van der Waals surface area contributed by atoms with E-state index in [0.29, 0.717) is 6.54 Å². The van der Waals surface area contributed by atoms with Crippen LogP contribution in [0.3, 0.4) is 0 Å². The lowest BCUT2D eigenvalue weighted by atomic mass is 10.0. The average Bonchev–Trinajstić information content (AvgIpc) is 2.31. The van der Waals surface area contributed by atoms with Crippen molar-refractivity contribution in [3.05, 3.63) is 0 Å². The van der Waals surface area contributed by atoms with Gasteiger partial charge < -0.3 is 20.5 Å². The first kappa shape index (κ1) is 22.2.